The zero-order valence-electron chi connectivity index (χ0n) is 9.42. The molecule has 0 atom stereocenters. The Kier molecular flexibility index (Phi) is 3.49. The minimum absolute atomic E-state index is 0.132. The highest BCUT2D eigenvalue weighted by Gasteiger charge is 2.18. The molecular formula is C12H13NO4. The average molecular weight is 235 g/mol. The van der Waals surface area contributed by atoms with Gasteiger partial charge in [-0.05, 0) is 11.2 Å². The maximum Gasteiger partial charge on any atom is 0.261 e. The molecule has 1 N–H and O–H groups in total. The molecule has 1 heterocycles. The van der Waals surface area contributed by atoms with E-state index in [0.29, 0.717) is 30.2 Å². The number of nitrogens with zero attached hydrogens (tertiary/aromatic N) is 1. The van der Waals surface area contributed by atoms with Gasteiger partial charge >= 0.3 is 0 Å². The molecule has 0 aromatic heterocycles. The predicted octanol–water partition coefficient (Wildman–Crippen LogP) is 1.74. The van der Waals surface area contributed by atoms with E-state index < -0.39 is 0 Å². The van der Waals surface area contributed by atoms with Crippen molar-refractivity contribution < 1.29 is 19.4 Å². The molecular weight excluding hydrogens is 222 g/mol. The molecule has 0 fully saturated rings. The molecule has 0 bridgehead atoms. The van der Waals surface area contributed by atoms with Gasteiger partial charge in [-0.15, -0.1) is 0 Å². The van der Waals surface area contributed by atoms with Gasteiger partial charge < -0.3 is 19.4 Å². The van der Waals surface area contributed by atoms with Crippen LogP contribution in [0.2, 0.25) is 0 Å². The van der Waals surface area contributed by atoms with Gasteiger partial charge in [0.15, 0.2) is 6.61 Å². The first-order chi connectivity index (χ1) is 8.33. The molecule has 2 rings (SSSR count). The molecule has 5 heteroatoms. The summed E-state index contributed by atoms with van der Waals surface area (Å²) < 4.78 is 10.3. The van der Waals surface area contributed by atoms with Crippen LogP contribution in [0.1, 0.15) is 5.56 Å². The predicted molar refractivity (Wildman–Crippen MR) is 62.4 cm³/mol. The van der Waals surface area contributed by atoms with E-state index in [9.17, 15) is 5.11 Å². The lowest BCUT2D eigenvalue weighted by molar-refractivity contribution is 0.0667. The van der Waals surface area contributed by atoms with Crippen LogP contribution in [0.3, 0.4) is 0 Å². The van der Waals surface area contributed by atoms with Crippen LogP contribution in [-0.4, -0.2) is 31.3 Å². The maximum atomic E-state index is 9.79. The second-order valence-electron chi connectivity index (χ2n) is 3.36. The summed E-state index contributed by atoms with van der Waals surface area (Å²) in [7, 11) is 1.52. The summed E-state index contributed by atoms with van der Waals surface area (Å²) in [4.78, 5) is 4.96. The molecule has 0 saturated carbocycles. The molecule has 1 aliphatic heterocycles. The molecule has 0 aliphatic carbocycles. The minimum atomic E-state index is 0.132. The summed E-state index contributed by atoms with van der Waals surface area (Å²) in [6.07, 6.45) is 1.46. The summed E-state index contributed by atoms with van der Waals surface area (Å²) in [6, 6.07) is 6.88. The van der Waals surface area contributed by atoms with Crippen molar-refractivity contribution in [3.63, 3.8) is 0 Å². The number of oxime groups is 1. The summed E-state index contributed by atoms with van der Waals surface area (Å²) in [5, 5.41) is 13.6. The van der Waals surface area contributed by atoms with E-state index in [1.165, 1.54) is 13.4 Å². The van der Waals surface area contributed by atoms with E-state index in [1.54, 1.807) is 18.2 Å². The van der Waals surface area contributed by atoms with Gasteiger partial charge in [0.25, 0.3) is 5.90 Å². The van der Waals surface area contributed by atoms with E-state index >= 15 is 0 Å². The first kappa shape index (κ1) is 11.3. The Bertz CT molecular complexity index is 454. The van der Waals surface area contributed by atoms with E-state index in [2.05, 4.69) is 5.16 Å². The highest BCUT2D eigenvalue weighted by atomic mass is 16.7. The number of ether oxygens (including phenoxy) is 2. The van der Waals surface area contributed by atoms with Crippen molar-refractivity contribution >= 4 is 11.5 Å². The quantitative estimate of drug-likeness (QED) is 0.811. The van der Waals surface area contributed by atoms with Gasteiger partial charge in [-0.2, -0.15) is 0 Å². The monoisotopic (exact) mass is 235 g/mol. The Morgan fingerprint density at radius 3 is 2.88 bits per heavy atom. The number of phenols is 1. The number of para-hydroxylation sites is 1. The number of methoxy groups -OCH3 is 1. The zero-order valence-corrected chi connectivity index (χ0v) is 9.42. The van der Waals surface area contributed by atoms with E-state index in [-0.39, 0.29) is 5.75 Å². The third kappa shape index (κ3) is 2.50. The van der Waals surface area contributed by atoms with Crippen molar-refractivity contribution in [2.75, 3.05) is 20.3 Å². The van der Waals surface area contributed by atoms with Crippen LogP contribution in [-0.2, 0) is 14.3 Å². The fraction of sp³-hybridized carbons (Fsp3) is 0.250. The maximum absolute atomic E-state index is 9.79. The smallest absolute Gasteiger partial charge is 0.261 e. The molecule has 5 nitrogen and oxygen atoms in total. The summed E-state index contributed by atoms with van der Waals surface area (Å²) in [6.45, 7) is 0.845. The fourth-order valence-electron chi connectivity index (χ4n) is 1.48. The van der Waals surface area contributed by atoms with Crippen LogP contribution in [0.5, 0.6) is 5.75 Å². The Morgan fingerprint density at radius 1 is 1.41 bits per heavy atom. The summed E-state index contributed by atoms with van der Waals surface area (Å²) >= 11 is 0. The van der Waals surface area contributed by atoms with Crippen LogP contribution in [0.25, 0.3) is 5.57 Å². The van der Waals surface area contributed by atoms with Crippen molar-refractivity contribution in [1.29, 1.82) is 0 Å². The number of hydrogen-bond acceptors (Lipinski definition) is 5. The standard InChI is InChI=1S/C12H13NO4/c1-15-8-10(12-13-17-7-6-16-12)9-4-2-3-5-11(9)14/h2-5,8,14H,6-7H2,1H3. The largest absolute Gasteiger partial charge is 0.507 e. The van der Waals surface area contributed by atoms with Gasteiger partial charge in [0.2, 0.25) is 0 Å². The van der Waals surface area contributed by atoms with Gasteiger partial charge in [-0.25, -0.2) is 0 Å². The van der Waals surface area contributed by atoms with Gasteiger partial charge in [0.05, 0.1) is 18.9 Å². The Morgan fingerprint density at radius 2 is 2.24 bits per heavy atom. The van der Waals surface area contributed by atoms with Gasteiger partial charge in [0, 0.05) is 5.56 Å². The topological polar surface area (TPSA) is 60.3 Å². The number of aromatic hydroxyl groups is 1. The van der Waals surface area contributed by atoms with Crippen LogP contribution in [0, 0.1) is 0 Å². The third-order valence-electron chi connectivity index (χ3n) is 2.22. The second kappa shape index (κ2) is 5.25. The molecule has 0 radical (unpaired) electrons. The minimum Gasteiger partial charge on any atom is -0.507 e. The van der Waals surface area contributed by atoms with Crippen molar-refractivity contribution in [2.24, 2.45) is 5.16 Å². The lowest BCUT2D eigenvalue weighted by Crippen LogP contribution is -2.17. The average Bonchev–Trinajstić information content (AvgIpc) is 2.38. The Balaban J connectivity index is 2.39. The Hall–Kier alpha value is -2.17. The third-order valence-corrected chi connectivity index (χ3v) is 2.22. The molecule has 0 spiro atoms. The lowest BCUT2D eigenvalue weighted by atomic mass is 10.1. The van der Waals surface area contributed by atoms with E-state index in [4.69, 9.17) is 14.3 Å². The molecule has 0 saturated heterocycles. The number of hydrogen-bond donors (Lipinski definition) is 1. The molecule has 1 aliphatic rings. The van der Waals surface area contributed by atoms with E-state index in [0.717, 1.165) is 0 Å². The molecule has 0 unspecified atom stereocenters. The lowest BCUT2D eigenvalue weighted by Gasteiger charge is -2.16. The number of phenolic OH excluding ortho intramolecular Hbond substituents is 1. The summed E-state index contributed by atoms with van der Waals surface area (Å²) in [5.74, 6) is 0.437. The number of rotatable bonds is 3. The van der Waals surface area contributed by atoms with Gasteiger partial charge in [0.1, 0.15) is 12.4 Å². The molecule has 90 valence electrons. The normalized spacial score (nSPS) is 15.6. The highest BCUT2D eigenvalue weighted by molar-refractivity contribution is 6.19. The molecule has 1 aromatic rings. The fourth-order valence-corrected chi connectivity index (χ4v) is 1.48. The van der Waals surface area contributed by atoms with Crippen molar-refractivity contribution in [1.82, 2.24) is 0 Å². The molecule has 0 amide bonds. The zero-order chi connectivity index (χ0) is 12.1. The SMILES string of the molecule is COC=C(C1=NOCCO1)c1ccccc1O. The molecule has 1 aromatic carbocycles. The van der Waals surface area contributed by atoms with Crippen LogP contribution >= 0.6 is 0 Å². The first-order valence-electron chi connectivity index (χ1n) is 5.17. The first-order valence-corrected chi connectivity index (χ1v) is 5.17. The van der Waals surface area contributed by atoms with Crippen LogP contribution < -0.4 is 0 Å². The van der Waals surface area contributed by atoms with Crippen LogP contribution in [0.15, 0.2) is 35.7 Å². The van der Waals surface area contributed by atoms with E-state index in [1.807, 2.05) is 6.07 Å². The van der Waals surface area contributed by atoms with Crippen molar-refractivity contribution in [2.45, 2.75) is 0 Å². The number of benzene rings is 1. The summed E-state index contributed by atoms with van der Waals surface area (Å²) in [5.41, 5.74) is 1.13. The van der Waals surface area contributed by atoms with Gasteiger partial charge in [-0.3, -0.25) is 0 Å². The Labute approximate surface area is 98.9 Å². The second-order valence-corrected chi connectivity index (χ2v) is 3.36. The molecule has 17 heavy (non-hydrogen) atoms. The van der Waals surface area contributed by atoms with Gasteiger partial charge in [-0.1, -0.05) is 18.2 Å². The highest BCUT2D eigenvalue weighted by Crippen LogP contribution is 2.26. The van der Waals surface area contributed by atoms with Crippen LogP contribution in [0.4, 0.5) is 0 Å². The van der Waals surface area contributed by atoms with Crippen molar-refractivity contribution in [3.05, 3.63) is 36.1 Å². The van der Waals surface area contributed by atoms with Crippen molar-refractivity contribution in [3.8, 4) is 5.75 Å².